The van der Waals surface area contributed by atoms with Gasteiger partial charge >= 0.3 is 59.1 Å². The molecule has 0 bridgehead atoms. The molecule has 0 amide bonds. The van der Waals surface area contributed by atoms with Gasteiger partial charge in [-0.15, -0.1) is 0 Å². The molecular formula is C17H16N3Na2O5PS. The van der Waals surface area contributed by atoms with Gasteiger partial charge in [0.15, 0.2) is 0 Å². The van der Waals surface area contributed by atoms with E-state index in [0.717, 1.165) is 0 Å². The van der Waals surface area contributed by atoms with Crippen LogP contribution in [-0.4, -0.2) is 21.1 Å². The van der Waals surface area contributed by atoms with Crippen LogP contribution >= 0.6 is 19.4 Å². The van der Waals surface area contributed by atoms with Crippen molar-refractivity contribution in [3.8, 4) is 5.75 Å². The Bertz CT molecular complexity index is 1110. The van der Waals surface area contributed by atoms with Gasteiger partial charge in [-0.1, -0.05) is 23.6 Å². The minimum atomic E-state index is -4.83. The predicted molar refractivity (Wildman–Crippen MR) is 99.7 cm³/mol. The molecule has 29 heavy (non-hydrogen) atoms. The van der Waals surface area contributed by atoms with Gasteiger partial charge in [0.25, 0.3) is 5.56 Å². The number of nitrogens with one attached hydrogen (secondary N) is 2. The molecular weight excluding hydrogens is 435 g/mol. The quantitative estimate of drug-likeness (QED) is 0.289. The summed E-state index contributed by atoms with van der Waals surface area (Å²) in [6, 6.07) is 5.23. The topological polar surface area (TPSA) is 134 Å². The van der Waals surface area contributed by atoms with Gasteiger partial charge in [0.1, 0.15) is 16.8 Å². The van der Waals surface area contributed by atoms with Crippen molar-refractivity contribution in [1.29, 1.82) is 0 Å². The molecule has 0 atom stereocenters. The number of fused-ring (bicyclic) bond motifs is 1. The first-order chi connectivity index (χ1) is 12.7. The molecule has 12 heteroatoms. The Morgan fingerprint density at radius 3 is 2.59 bits per heavy atom. The summed E-state index contributed by atoms with van der Waals surface area (Å²) < 4.78 is 16.8. The van der Waals surface area contributed by atoms with Crippen LogP contribution in [0.5, 0.6) is 5.75 Å². The molecule has 0 spiro atoms. The summed E-state index contributed by atoms with van der Waals surface area (Å²) in [6.07, 6.45) is 4.05. The van der Waals surface area contributed by atoms with Crippen LogP contribution in [0.3, 0.4) is 0 Å². The number of nitrogens with zero attached hydrogens (tertiary/aromatic N) is 1. The minimum Gasteiger partial charge on any atom is -0.808 e. The fourth-order valence-corrected chi connectivity index (χ4v) is 3.79. The molecule has 3 rings (SSSR count). The summed E-state index contributed by atoms with van der Waals surface area (Å²) in [5, 5.41) is 0. The van der Waals surface area contributed by atoms with Crippen molar-refractivity contribution in [1.82, 2.24) is 15.0 Å². The average molecular weight is 451 g/mol. The second kappa shape index (κ2) is 11.3. The van der Waals surface area contributed by atoms with Crippen LogP contribution in [0.25, 0.3) is 17.1 Å². The monoisotopic (exact) mass is 451 g/mol. The van der Waals surface area contributed by atoms with Crippen LogP contribution in [0.2, 0.25) is 0 Å². The van der Waals surface area contributed by atoms with E-state index in [2.05, 4.69) is 15.0 Å². The largest absolute Gasteiger partial charge is 1.00 e. The molecule has 142 valence electrons. The molecule has 0 saturated carbocycles. The molecule has 0 saturated heterocycles. The normalized spacial score (nSPS) is 11.5. The maximum Gasteiger partial charge on any atom is 1.00 e. The molecule has 0 radical (unpaired) electrons. The molecule has 2 heterocycles. The number of aromatic nitrogens is 3. The first kappa shape index (κ1) is 26.7. The fourth-order valence-electron chi connectivity index (χ4n) is 2.42. The van der Waals surface area contributed by atoms with Gasteiger partial charge in [0.2, 0.25) is 0 Å². The van der Waals surface area contributed by atoms with Crippen molar-refractivity contribution in [2.24, 2.45) is 0 Å². The fraction of sp³-hybridized carbons (Fsp3) is 0.176. The Kier molecular flexibility index (Phi) is 10.4. The third kappa shape index (κ3) is 7.11. The van der Waals surface area contributed by atoms with Crippen LogP contribution in [0.4, 0.5) is 0 Å². The number of ether oxygens (including phenoxy) is 1. The Balaban J connectivity index is 0.00000210. The van der Waals surface area contributed by atoms with E-state index >= 15 is 0 Å². The van der Waals surface area contributed by atoms with Gasteiger partial charge in [-0.3, -0.25) is 4.79 Å². The first-order valence-electron chi connectivity index (χ1n) is 7.98. The van der Waals surface area contributed by atoms with Crippen LogP contribution in [0, 0.1) is 0 Å². The Labute approximate surface area is 215 Å². The summed E-state index contributed by atoms with van der Waals surface area (Å²) in [5.41, 5.74) is 1.01. The zero-order valence-electron chi connectivity index (χ0n) is 16.5. The van der Waals surface area contributed by atoms with Crippen LogP contribution in [0.1, 0.15) is 19.4 Å². The van der Waals surface area contributed by atoms with E-state index < -0.39 is 7.60 Å². The third-order valence-corrected chi connectivity index (χ3v) is 5.09. The SMILES string of the molecule is CC(C)Oc1cccc(Sc2c[nH]c3c(=O)[nH]cnc23)c1/C=C/P(=O)([O-])[O-].[Na+].[Na+]. The van der Waals surface area contributed by atoms with Gasteiger partial charge in [-0.2, -0.15) is 0 Å². The summed E-state index contributed by atoms with van der Waals surface area (Å²) in [4.78, 5) is 44.8. The minimum absolute atomic E-state index is 0. The molecule has 0 aliphatic carbocycles. The molecule has 0 aliphatic rings. The molecule has 2 N–H and O–H groups in total. The Morgan fingerprint density at radius 1 is 1.21 bits per heavy atom. The van der Waals surface area contributed by atoms with Crippen LogP contribution in [-0.2, 0) is 4.57 Å². The Morgan fingerprint density at radius 2 is 1.93 bits per heavy atom. The molecule has 3 aromatic rings. The van der Waals surface area contributed by atoms with E-state index in [9.17, 15) is 19.1 Å². The van der Waals surface area contributed by atoms with Gasteiger partial charge in [0, 0.05) is 16.7 Å². The number of H-pyrrole nitrogens is 2. The van der Waals surface area contributed by atoms with Gasteiger partial charge in [-0.25, -0.2) is 4.98 Å². The average Bonchev–Trinajstić information content (AvgIpc) is 2.97. The number of rotatable bonds is 6. The number of aromatic amines is 2. The van der Waals surface area contributed by atoms with Crippen LogP contribution in [0.15, 0.2) is 51.1 Å². The summed E-state index contributed by atoms with van der Waals surface area (Å²) in [5.74, 6) is 1.07. The Hall–Kier alpha value is -0.320. The first-order valence-corrected chi connectivity index (χ1v) is 10.4. The number of hydrogen-bond acceptors (Lipinski definition) is 7. The zero-order valence-corrected chi connectivity index (χ0v) is 22.2. The second-order valence-electron chi connectivity index (χ2n) is 5.90. The smallest absolute Gasteiger partial charge is 0.808 e. The maximum atomic E-state index is 11.8. The molecule has 0 unspecified atom stereocenters. The maximum absolute atomic E-state index is 11.8. The van der Waals surface area contributed by atoms with E-state index in [-0.39, 0.29) is 70.8 Å². The summed E-state index contributed by atoms with van der Waals surface area (Å²) in [7, 11) is -4.83. The van der Waals surface area contributed by atoms with Crippen molar-refractivity contribution in [3.63, 3.8) is 0 Å². The van der Waals surface area contributed by atoms with Crippen molar-refractivity contribution in [2.45, 2.75) is 29.7 Å². The zero-order chi connectivity index (χ0) is 19.6. The van der Waals surface area contributed by atoms with Crippen molar-refractivity contribution in [2.75, 3.05) is 0 Å². The van der Waals surface area contributed by atoms with Crippen molar-refractivity contribution in [3.05, 3.63) is 52.5 Å². The molecule has 8 nitrogen and oxygen atoms in total. The molecule has 0 fully saturated rings. The van der Waals surface area contributed by atoms with Gasteiger partial charge in [-0.05, 0) is 39.7 Å². The number of benzene rings is 1. The van der Waals surface area contributed by atoms with E-state index in [1.165, 1.54) is 24.2 Å². The summed E-state index contributed by atoms with van der Waals surface area (Å²) >= 11 is 1.28. The number of hydrogen-bond donors (Lipinski definition) is 2. The predicted octanol–water partition coefficient (Wildman–Crippen LogP) is -3.92. The third-order valence-electron chi connectivity index (χ3n) is 3.47. The van der Waals surface area contributed by atoms with Crippen molar-refractivity contribution >= 4 is 36.5 Å². The van der Waals surface area contributed by atoms with E-state index in [0.29, 0.717) is 38.0 Å². The van der Waals surface area contributed by atoms with Crippen LogP contribution < -0.4 is 79.2 Å². The molecule has 1 aromatic carbocycles. The van der Waals surface area contributed by atoms with E-state index in [1.807, 2.05) is 13.8 Å². The standard InChI is InChI=1S/C17H18N3O5PS.2Na/c1-10(2)25-12-4-3-5-13(11(12)6-7-26(22,23)24)27-14-8-18-16-15(14)19-9-20-17(16)21;;/h3-10,18H,1-2H3,(H,19,20,21)(H2,22,23,24);;/q;2*+1/p-2/b7-6+;;. The summed E-state index contributed by atoms with van der Waals surface area (Å²) in [6.45, 7) is 3.69. The van der Waals surface area contributed by atoms with Crippen molar-refractivity contribution < 1.29 is 78.2 Å². The van der Waals surface area contributed by atoms with Gasteiger partial charge in [0.05, 0.1) is 17.3 Å². The van der Waals surface area contributed by atoms with E-state index in [1.54, 1.807) is 24.4 Å². The molecule has 2 aromatic heterocycles. The molecule has 0 aliphatic heterocycles. The second-order valence-corrected chi connectivity index (χ2v) is 8.36. The van der Waals surface area contributed by atoms with E-state index in [4.69, 9.17) is 4.74 Å². The van der Waals surface area contributed by atoms with Gasteiger partial charge < -0.3 is 29.1 Å².